The van der Waals surface area contributed by atoms with Crippen molar-refractivity contribution < 1.29 is 9.90 Å². The fraction of sp³-hybridized carbons (Fsp3) is 0.100. The van der Waals surface area contributed by atoms with Gasteiger partial charge < -0.3 is 15.4 Å². The molecule has 0 aliphatic rings. The van der Waals surface area contributed by atoms with Gasteiger partial charge in [0.05, 0.1) is 6.54 Å². The van der Waals surface area contributed by atoms with Crippen molar-refractivity contribution in [3.05, 3.63) is 44.8 Å². The van der Waals surface area contributed by atoms with Gasteiger partial charge in [0.2, 0.25) is 0 Å². The van der Waals surface area contributed by atoms with Crippen LogP contribution in [0.3, 0.4) is 0 Å². The summed E-state index contributed by atoms with van der Waals surface area (Å²) in [5.74, 6) is -1.07. The van der Waals surface area contributed by atoms with Crippen molar-refractivity contribution in [3.8, 4) is 0 Å². The standard InChI is InChI=1S/C10H9N3O3S/c14-9(15)8-3-6(1-2-11-8)12-4-7-5-17-10(16)13-7/h1-3,5H,4H2,(H,11,12)(H,13,16)(H,14,15). The molecule has 2 aromatic heterocycles. The van der Waals surface area contributed by atoms with Crippen LogP contribution in [0.25, 0.3) is 0 Å². The molecule has 88 valence electrons. The number of hydrogen-bond donors (Lipinski definition) is 3. The zero-order chi connectivity index (χ0) is 12.3. The summed E-state index contributed by atoms with van der Waals surface area (Å²) in [6.07, 6.45) is 1.42. The highest BCUT2D eigenvalue weighted by Gasteiger charge is 2.04. The molecule has 7 heteroatoms. The van der Waals surface area contributed by atoms with Gasteiger partial charge in [-0.1, -0.05) is 11.3 Å². The van der Waals surface area contributed by atoms with E-state index < -0.39 is 5.97 Å². The van der Waals surface area contributed by atoms with Gasteiger partial charge in [0, 0.05) is 23.0 Å². The third kappa shape index (κ3) is 2.91. The van der Waals surface area contributed by atoms with E-state index in [0.29, 0.717) is 12.2 Å². The Labute approximate surface area is 100.0 Å². The molecule has 0 radical (unpaired) electrons. The van der Waals surface area contributed by atoms with Crippen LogP contribution in [0, 0.1) is 0 Å². The number of hydrogen-bond acceptors (Lipinski definition) is 5. The van der Waals surface area contributed by atoms with Crippen LogP contribution in [0.15, 0.2) is 28.5 Å². The monoisotopic (exact) mass is 251 g/mol. The first-order chi connectivity index (χ1) is 8.15. The van der Waals surface area contributed by atoms with Crippen molar-refractivity contribution in [2.75, 3.05) is 5.32 Å². The number of carboxylic acids is 1. The number of H-pyrrole nitrogens is 1. The molecule has 3 N–H and O–H groups in total. The Kier molecular flexibility index (Phi) is 3.20. The summed E-state index contributed by atoms with van der Waals surface area (Å²) in [5.41, 5.74) is 1.38. The molecule has 0 fully saturated rings. The zero-order valence-electron chi connectivity index (χ0n) is 8.64. The Hall–Kier alpha value is -2.15. The number of pyridine rings is 1. The Morgan fingerprint density at radius 3 is 3.06 bits per heavy atom. The van der Waals surface area contributed by atoms with Crippen LogP contribution >= 0.6 is 11.3 Å². The summed E-state index contributed by atoms with van der Waals surface area (Å²) in [4.78, 5) is 27.8. The first-order valence-electron chi connectivity index (χ1n) is 4.75. The zero-order valence-corrected chi connectivity index (χ0v) is 9.45. The molecule has 0 saturated heterocycles. The van der Waals surface area contributed by atoms with Gasteiger partial charge in [-0.3, -0.25) is 4.79 Å². The molecule has 0 saturated carbocycles. The van der Waals surface area contributed by atoms with Crippen LogP contribution in [0.5, 0.6) is 0 Å². The topological polar surface area (TPSA) is 95.1 Å². The smallest absolute Gasteiger partial charge is 0.354 e. The number of anilines is 1. The largest absolute Gasteiger partial charge is 0.477 e. The minimum Gasteiger partial charge on any atom is -0.477 e. The number of nitrogens with zero attached hydrogens (tertiary/aromatic N) is 1. The van der Waals surface area contributed by atoms with Crippen LogP contribution in [0.2, 0.25) is 0 Å². The third-order valence-corrected chi connectivity index (χ3v) is 2.75. The number of thiazole rings is 1. The Balaban J connectivity index is 2.06. The minimum atomic E-state index is -1.07. The lowest BCUT2D eigenvalue weighted by Gasteiger charge is -2.04. The van der Waals surface area contributed by atoms with E-state index in [1.165, 1.54) is 12.3 Å². The number of aromatic amines is 1. The summed E-state index contributed by atoms with van der Waals surface area (Å²) >= 11 is 1.09. The number of aromatic nitrogens is 2. The maximum absolute atomic E-state index is 10.9. The molecule has 0 bridgehead atoms. The lowest BCUT2D eigenvalue weighted by molar-refractivity contribution is 0.0690. The van der Waals surface area contributed by atoms with Crippen LogP contribution < -0.4 is 10.2 Å². The maximum Gasteiger partial charge on any atom is 0.354 e. The second-order valence-electron chi connectivity index (χ2n) is 3.26. The van der Waals surface area contributed by atoms with E-state index in [4.69, 9.17) is 5.11 Å². The van der Waals surface area contributed by atoms with Gasteiger partial charge in [0.15, 0.2) is 0 Å². The number of rotatable bonds is 4. The van der Waals surface area contributed by atoms with Crippen molar-refractivity contribution in [3.63, 3.8) is 0 Å². The van der Waals surface area contributed by atoms with Crippen LogP contribution in [-0.2, 0) is 6.54 Å². The van der Waals surface area contributed by atoms with Gasteiger partial charge >= 0.3 is 10.8 Å². The highest BCUT2D eigenvalue weighted by Crippen LogP contribution is 2.09. The predicted octanol–water partition coefficient (Wildman–Crippen LogP) is 1.14. The minimum absolute atomic E-state index is 0.0196. The SMILES string of the molecule is O=C(O)c1cc(NCc2csc(=O)[nH]2)ccn1. The fourth-order valence-electron chi connectivity index (χ4n) is 1.26. The Morgan fingerprint density at radius 2 is 2.41 bits per heavy atom. The number of carbonyl (C=O) groups is 1. The molecule has 2 aromatic rings. The molecule has 6 nitrogen and oxygen atoms in total. The molecule has 0 atom stereocenters. The average molecular weight is 251 g/mol. The molecule has 17 heavy (non-hydrogen) atoms. The first-order valence-corrected chi connectivity index (χ1v) is 5.63. The number of nitrogens with one attached hydrogen (secondary N) is 2. The van der Waals surface area contributed by atoms with E-state index in [1.54, 1.807) is 11.4 Å². The highest BCUT2D eigenvalue weighted by molar-refractivity contribution is 7.07. The van der Waals surface area contributed by atoms with Crippen LogP contribution in [-0.4, -0.2) is 21.0 Å². The van der Waals surface area contributed by atoms with Crippen molar-refractivity contribution in [1.82, 2.24) is 9.97 Å². The molecule has 2 heterocycles. The van der Waals surface area contributed by atoms with Crippen molar-refractivity contribution in [2.24, 2.45) is 0 Å². The summed E-state index contributed by atoms with van der Waals surface area (Å²) in [6.45, 7) is 0.432. The van der Waals surface area contributed by atoms with Crippen molar-refractivity contribution in [1.29, 1.82) is 0 Å². The summed E-state index contributed by atoms with van der Waals surface area (Å²) in [5, 5.41) is 13.5. The first kappa shape index (κ1) is 11.3. The number of aromatic carboxylic acids is 1. The van der Waals surface area contributed by atoms with E-state index in [1.807, 2.05) is 0 Å². The Morgan fingerprint density at radius 1 is 1.59 bits per heavy atom. The molecule has 0 aliphatic heterocycles. The van der Waals surface area contributed by atoms with E-state index in [2.05, 4.69) is 15.3 Å². The van der Waals surface area contributed by atoms with E-state index in [-0.39, 0.29) is 10.6 Å². The second kappa shape index (κ2) is 4.79. The normalized spacial score (nSPS) is 10.1. The van der Waals surface area contributed by atoms with E-state index in [9.17, 15) is 9.59 Å². The Bertz CT molecular complexity index is 590. The van der Waals surface area contributed by atoms with Gasteiger partial charge in [-0.2, -0.15) is 0 Å². The molecule has 0 aliphatic carbocycles. The van der Waals surface area contributed by atoms with Gasteiger partial charge in [-0.25, -0.2) is 9.78 Å². The quantitative estimate of drug-likeness (QED) is 0.757. The van der Waals surface area contributed by atoms with Gasteiger partial charge in [-0.15, -0.1) is 0 Å². The molecular formula is C10H9N3O3S. The molecule has 2 rings (SSSR count). The summed E-state index contributed by atoms with van der Waals surface area (Å²) in [6, 6.07) is 3.10. The molecule has 0 unspecified atom stereocenters. The third-order valence-electron chi connectivity index (χ3n) is 2.03. The predicted molar refractivity (Wildman–Crippen MR) is 63.5 cm³/mol. The number of carboxylic acid groups (broad SMARTS) is 1. The van der Waals surface area contributed by atoms with E-state index in [0.717, 1.165) is 17.0 Å². The molecule has 0 amide bonds. The molecule has 0 spiro atoms. The summed E-state index contributed by atoms with van der Waals surface area (Å²) in [7, 11) is 0. The summed E-state index contributed by atoms with van der Waals surface area (Å²) < 4.78 is 0. The van der Waals surface area contributed by atoms with Crippen molar-refractivity contribution in [2.45, 2.75) is 6.54 Å². The fourth-order valence-corrected chi connectivity index (χ4v) is 1.84. The highest BCUT2D eigenvalue weighted by atomic mass is 32.1. The van der Waals surface area contributed by atoms with Gasteiger partial charge in [-0.05, 0) is 12.1 Å². The second-order valence-corrected chi connectivity index (χ2v) is 4.10. The van der Waals surface area contributed by atoms with Crippen molar-refractivity contribution >= 4 is 23.0 Å². The van der Waals surface area contributed by atoms with E-state index >= 15 is 0 Å². The maximum atomic E-state index is 10.9. The lowest BCUT2D eigenvalue weighted by Crippen LogP contribution is -2.05. The lowest BCUT2D eigenvalue weighted by atomic mass is 10.3. The van der Waals surface area contributed by atoms with Crippen LogP contribution in [0.4, 0.5) is 5.69 Å². The molecule has 0 aromatic carbocycles. The molecular weight excluding hydrogens is 242 g/mol. The average Bonchev–Trinajstić information content (AvgIpc) is 2.73. The van der Waals surface area contributed by atoms with Gasteiger partial charge in [0.1, 0.15) is 5.69 Å². The van der Waals surface area contributed by atoms with Gasteiger partial charge in [0.25, 0.3) is 0 Å². The van der Waals surface area contributed by atoms with Crippen LogP contribution in [0.1, 0.15) is 16.2 Å².